The lowest BCUT2D eigenvalue weighted by Gasteiger charge is -2.10. The molecule has 1 amide bonds. The number of amides is 1. The van der Waals surface area contributed by atoms with Crippen LogP contribution in [-0.2, 0) is 14.6 Å². The van der Waals surface area contributed by atoms with Gasteiger partial charge in [-0.05, 0) is 60.9 Å². The van der Waals surface area contributed by atoms with Crippen molar-refractivity contribution in [1.82, 2.24) is 9.36 Å². The standard InChI is InChI=1S/C23H22N4O5S2/c1-15-10-16(2)12-20(11-15)32-9-8-31-19-6-4-17(5-7-19)13-18(14-24)21(28)25-22-26-23(27-33-22)34(3,29)30/h4-7,10-13H,8-9H2,1-3H3,(H,25,26,27,28)/b18-13-. The van der Waals surface area contributed by atoms with Gasteiger partial charge in [-0.25, -0.2) is 8.42 Å². The number of sulfone groups is 1. The number of rotatable bonds is 9. The van der Waals surface area contributed by atoms with E-state index in [0.717, 1.165) is 23.1 Å². The van der Waals surface area contributed by atoms with E-state index in [9.17, 15) is 18.5 Å². The van der Waals surface area contributed by atoms with Gasteiger partial charge in [0.2, 0.25) is 15.0 Å². The van der Waals surface area contributed by atoms with E-state index in [1.54, 1.807) is 24.3 Å². The Balaban J connectivity index is 1.55. The summed E-state index contributed by atoms with van der Waals surface area (Å²) in [4.78, 5) is 16.1. The Morgan fingerprint density at radius 2 is 1.71 bits per heavy atom. The third-order valence-corrected chi connectivity index (χ3v) is 5.92. The molecule has 0 aliphatic rings. The lowest BCUT2D eigenvalue weighted by atomic mass is 10.1. The number of nitrogens with one attached hydrogen (secondary N) is 1. The van der Waals surface area contributed by atoms with Gasteiger partial charge in [0.15, 0.2) is 0 Å². The zero-order valence-corrected chi connectivity index (χ0v) is 20.4. The molecule has 0 saturated carbocycles. The average Bonchev–Trinajstić information content (AvgIpc) is 3.24. The quantitative estimate of drug-likeness (QED) is 0.269. The highest BCUT2D eigenvalue weighted by Crippen LogP contribution is 2.19. The molecule has 1 N–H and O–H groups in total. The maximum atomic E-state index is 12.4. The minimum absolute atomic E-state index is 0.0154. The van der Waals surface area contributed by atoms with Crippen LogP contribution in [0.3, 0.4) is 0 Å². The van der Waals surface area contributed by atoms with Crippen LogP contribution in [0.4, 0.5) is 5.13 Å². The topological polar surface area (TPSA) is 131 Å². The van der Waals surface area contributed by atoms with Crippen LogP contribution >= 0.6 is 11.5 Å². The maximum Gasteiger partial charge on any atom is 0.268 e. The molecule has 9 nitrogen and oxygen atoms in total. The molecule has 0 spiro atoms. The van der Waals surface area contributed by atoms with Crippen molar-refractivity contribution in [2.45, 2.75) is 19.0 Å². The molecule has 176 valence electrons. The van der Waals surface area contributed by atoms with Crippen molar-refractivity contribution < 1.29 is 22.7 Å². The highest BCUT2D eigenvalue weighted by Gasteiger charge is 2.17. The van der Waals surface area contributed by atoms with Crippen molar-refractivity contribution in [2.75, 3.05) is 24.8 Å². The summed E-state index contributed by atoms with van der Waals surface area (Å²) in [7, 11) is -3.59. The van der Waals surface area contributed by atoms with E-state index in [4.69, 9.17) is 9.47 Å². The van der Waals surface area contributed by atoms with Crippen molar-refractivity contribution >= 4 is 38.5 Å². The largest absolute Gasteiger partial charge is 0.490 e. The molecule has 0 bridgehead atoms. The molecule has 1 heterocycles. The summed E-state index contributed by atoms with van der Waals surface area (Å²) >= 11 is 0.714. The monoisotopic (exact) mass is 498 g/mol. The minimum Gasteiger partial charge on any atom is -0.490 e. The Bertz CT molecular complexity index is 1340. The van der Waals surface area contributed by atoms with E-state index in [-0.39, 0.29) is 15.9 Å². The molecule has 34 heavy (non-hydrogen) atoms. The predicted octanol–water partition coefficient (Wildman–Crippen LogP) is 3.56. The number of carbonyl (C=O) groups excluding carboxylic acids is 1. The van der Waals surface area contributed by atoms with Crippen molar-refractivity contribution in [3.8, 4) is 17.6 Å². The van der Waals surface area contributed by atoms with Crippen molar-refractivity contribution in [1.29, 1.82) is 5.26 Å². The molecule has 3 rings (SSSR count). The molecule has 0 radical (unpaired) electrons. The number of aryl methyl sites for hydroxylation is 2. The van der Waals surface area contributed by atoms with Gasteiger partial charge in [0.1, 0.15) is 36.4 Å². The summed E-state index contributed by atoms with van der Waals surface area (Å²) < 4.78 is 38.0. The zero-order valence-electron chi connectivity index (χ0n) is 18.7. The minimum atomic E-state index is -3.59. The maximum absolute atomic E-state index is 12.4. The van der Waals surface area contributed by atoms with Crippen LogP contribution in [0.1, 0.15) is 16.7 Å². The van der Waals surface area contributed by atoms with Gasteiger partial charge in [0, 0.05) is 17.8 Å². The average molecular weight is 499 g/mol. The molecule has 2 aromatic carbocycles. The first kappa shape index (κ1) is 24.9. The number of carbonyl (C=O) groups is 1. The van der Waals surface area contributed by atoms with Crippen LogP contribution < -0.4 is 14.8 Å². The molecule has 0 aliphatic carbocycles. The van der Waals surface area contributed by atoms with E-state index >= 15 is 0 Å². The number of nitriles is 1. The second-order valence-electron chi connectivity index (χ2n) is 7.37. The smallest absolute Gasteiger partial charge is 0.268 e. The third-order valence-electron chi connectivity index (χ3n) is 4.33. The number of hydrogen-bond acceptors (Lipinski definition) is 9. The van der Waals surface area contributed by atoms with E-state index in [1.807, 2.05) is 32.0 Å². The Hall–Kier alpha value is -3.75. The number of anilines is 1. The van der Waals surface area contributed by atoms with E-state index < -0.39 is 15.7 Å². The number of aromatic nitrogens is 2. The zero-order chi connectivity index (χ0) is 24.7. The molecule has 3 aromatic rings. The lowest BCUT2D eigenvalue weighted by molar-refractivity contribution is -0.112. The van der Waals surface area contributed by atoms with Gasteiger partial charge in [0.25, 0.3) is 11.1 Å². The SMILES string of the molecule is Cc1cc(C)cc(OCCOc2ccc(/C=C(/C#N)C(=O)Nc3nc(S(C)(=O)=O)ns3)cc2)c1. The van der Waals surface area contributed by atoms with Gasteiger partial charge in [0.05, 0.1) is 0 Å². The molecule has 0 unspecified atom stereocenters. The molecule has 0 fully saturated rings. The molecular formula is C23H22N4O5S2. The Morgan fingerprint density at radius 3 is 2.26 bits per heavy atom. The molecular weight excluding hydrogens is 476 g/mol. The summed E-state index contributed by atoms with van der Waals surface area (Å²) in [6.45, 7) is 4.76. The first-order valence-electron chi connectivity index (χ1n) is 10.0. The van der Waals surface area contributed by atoms with Crippen LogP contribution in [0, 0.1) is 25.2 Å². The summed E-state index contributed by atoms with van der Waals surface area (Å²) in [6.07, 6.45) is 2.37. The fraction of sp³-hybridized carbons (Fsp3) is 0.217. The molecule has 11 heteroatoms. The van der Waals surface area contributed by atoms with Gasteiger partial charge in [-0.15, -0.1) is 0 Å². The summed E-state index contributed by atoms with van der Waals surface area (Å²) in [5.41, 5.74) is 2.70. The first-order valence-corrected chi connectivity index (χ1v) is 12.7. The highest BCUT2D eigenvalue weighted by molar-refractivity contribution is 7.90. The molecule has 1 aromatic heterocycles. The van der Waals surface area contributed by atoms with E-state index in [0.29, 0.717) is 36.1 Å². The summed E-state index contributed by atoms with van der Waals surface area (Å²) in [5, 5.41) is 11.3. The lowest BCUT2D eigenvalue weighted by Crippen LogP contribution is -2.13. The summed E-state index contributed by atoms with van der Waals surface area (Å²) in [6, 6.07) is 14.7. The van der Waals surface area contributed by atoms with Crippen LogP contribution in [-0.4, -0.2) is 43.2 Å². The molecule has 0 atom stereocenters. The fourth-order valence-electron chi connectivity index (χ4n) is 2.89. The Morgan fingerprint density at radius 1 is 1.09 bits per heavy atom. The van der Waals surface area contributed by atoms with Crippen LogP contribution in [0.25, 0.3) is 6.08 Å². The number of nitrogens with zero attached hydrogens (tertiary/aromatic N) is 3. The second kappa shape index (κ2) is 10.9. The molecule has 0 saturated heterocycles. The number of ether oxygens (including phenoxy) is 2. The van der Waals surface area contributed by atoms with Gasteiger partial charge >= 0.3 is 0 Å². The van der Waals surface area contributed by atoms with Gasteiger partial charge in [-0.3, -0.25) is 10.1 Å². The van der Waals surface area contributed by atoms with Crippen molar-refractivity contribution in [2.24, 2.45) is 0 Å². The number of hydrogen-bond donors (Lipinski definition) is 1. The fourth-order valence-corrected chi connectivity index (χ4v) is 4.33. The van der Waals surface area contributed by atoms with Crippen LogP contribution in [0.2, 0.25) is 0 Å². The Labute approximate surface area is 201 Å². The summed E-state index contributed by atoms with van der Waals surface area (Å²) in [5.74, 6) is 0.693. The van der Waals surface area contributed by atoms with Gasteiger partial charge < -0.3 is 9.47 Å². The number of benzene rings is 2. The van der Waals surface area contributed by atoms with Crippen molar-refractivity contribution in [3.05, 3.63) is 64.7 Å². The van der Waals surface area contributed by atoms with E-state index in [1.165, 1.54) is 6.08 Å². The van der Waals surface area contributed by atoms with Crippen LogP contribution in [0.15, 0.2) is 53.2 Å². The van der Waals surface area contributed by atoms with Crippen LogP contribution in [0.5, 0.6) is 11.5 Å². The third kappa shape index (κ3) is 7.13. The van der Waals surface area contributed by atoms with Crippen molar-refractivity contribution in [3.63, 3.8) is 0 Å². The second-order valence-corrected chi connectivity index (χ2v) is 10.0. The Kier molecular flexibility index (Phi) is 7.99. The normalized spacial score (nSPS) is 11.5. The molecule has 0 aliphatic heterocycles. The predicted molar refractivity (Wildman–Crippen MR) is 129 cm³/mol. The van der Waals surface area contributed by atoms with Gasteiger partial charge in [-0.2, -0.15) is 14.6 Å². The first-order chi connectivity index (χ1) is 16.1. The highest BCUT2D eigenvalue weighted by atomic mass is 32.2. The van der Waals surface area contributed by atoms with Gasteiger partial charge in [-0.1, -0.05) is 18.2 Å². The van der Waals surface area contributed by atoms with E-state index in [2.05, 4.69) is 20.7 Å².